The first-order valence-electron chi connectivity index (χ1n) is 12.1. The summed E-state index contributed by atoms with van der Waals surface area (Å²) >= 11 is 7.81. The lowest BCUT2D eigenvalue weighted by Crippen LogP contribution is -2.36. The number of carbonyl (C=O) groups is 2. The first-order valence-corrected chi connectivity index (χ1v) is 13.4. The number of fused-ring (bicyclic) bond motifs is 2. The van der Waals surface area contributed by atoms with Crippen molar-refractivity contribution in [3.05, 3.63) is 127 Å². The number of ketones is 1. The second-order valence-electron chi connectivity index (χ2n) is 9.98. The molecule has 2 aliphatic carbocycles. The molecule has 182 valence electrons. The molecule has 0 aromatic heterocycles. The molecule has 0 atom stereocenters. The summed E-state index contributed by atoms with van der Waals surface area (Å²) < 4.78 is 0. The molecule has 1 amide bonds. The van der Waals surface area contributed by atoms with Gasteiger partial charge in [0, 0.05) is 17.7 Å². The SMILES string of the molecule is C=C1C=CSC=C1C=C1Cc2cc3c(cc2C(C)(C)C1=O)CC=C(NC(=O)c1ccccc1Cl)CC3. The normalized spacial score (nSPS) is 19.7. The van der Waals surface area contributed by atoms with Gasteiger partial charge in [0.2, 0.25) is 0 Å². The van der Waals surface area contributed by atoms with E-state index in [1.54, 1.807) is 23.9 Å². The Bertz CT molecular complexity index is 1420. The van der Waals surface area contributed by atoms with Crippen LogP contribution in [0.25, 0.3) is 0 Å². The van der Waals surface area contributed by atoms with Crippen molar-refractivity contribution in [2.24, 2.45) is 0 Å². The highest BCUT2D eigenvalue weighted by Crippen LogP contribution is 2.40. The van der Waals surface area contributed by atoms with Crippen LogP contribution in [0, 0.1) is 0 Å². The van der Waals surface area contributed by atoms with Crippen molar-refractivity contribution in [2.75, 3.05) is 0 Å². The third kappa shape index (κ3) is 4.68. The van der Waals surface area contributed by atoms with Gasteiger partial charge in [0.1, 0.15) is 0 Å². The number of nitrogens with one attached hydrogen (secondary N) is 1. The highest BCUT2D eigenvalue weighted by molar-refractivity contribution is 8.05. The fraction of sp³-hybridized carbons (Fsp3) is 0.226. The zero-order valence-electron chi connectivity index (χ0n) is 20.5. The molecule has 2 aromatic rings. The number of benzene rings is 2. The molecule has 5 rings (SSSR count). The van der Waals surface area contributed by atoms with Gasteiger partial charge in [0.25, 0.3) is 5.91 Å². The lowest BCUT2D eigenvalue weighted by molar-refractivity contribution is -0.120. The second kappa shape index (κ2) is 9.76. The van der Waals surface area contributed by atoms with Gasteiger partial charge in [0.05, 0.1) is 16.0 Å². The summed E-state index contributed by atoms with van der Waals surface area (Å²) in [5.41, 5.74) is 8.33. The van der Waals surface area contributed by atoms with Crippen LogP contribution in [0.3, 0.4) is 0 Å². The predicted octanol–water partition coefficient (Wildman–Crippen LogP) is 7.17. The van der Waals surface area contributed by atoms with E-state index in [2.05, 4.69) is 30.1 Å². The van der Waals surface area contributed by atoms with Crippen molar-refractivity contribution in [1.29, 1.82) is 0 Å². The van der Waals surface area contributed by atoms with Gasteiger partial charge >= 0.3 is 0 Å². The van der Waals surface area contributed by atoms with Crippen LogP contribution in [0.5, 0.6) is 0 Å². The number of hydrogen-bond acceptors (Lipinski definition) is 3. The number of Topliss-reactive ketones (excluding diaryl/α,β-unsaturated/α-hetero) is 1. The van der Waals surface area contributed by atoms with Gasteiger partial charge in [-0.3, -0.25) is 9.59 Å². The molecule has 3 nitrogen and oxygen atoms in total. The number of allylic oxidation sites excluding steroid dienone is 7. The number of thioether (sulfide) groups is 1. The quantitative estimate of drug-likeness (QED) is 0.442. The van der Waals surface area contributed by atoms with Crippen LogP contribution in [0.4, 0.5) is 0 Å². The number of hydrogen-bond donors (Lipinski definition) is 1. The first-order chi connectivity index (χ1) is 17.2. The van der Waals surface area contributed by atoms with Crippen molar-refractivity contribution < 1.29 is 9.59 Å². The first kappa shape index (κ1) is 24.6. The minimum absolute atomic E-state index is 0.167. The summed E-state index contributed by atoms with van der Waals surface area (Å²) in [6, 6.07) is 11.6. The Balaban J connectivity index is 1.41. The molecule has 0 saturated heterocycles. The second-order valence-corrected chi connectivity index (χ2v) is 11.2. The van der Waals surface area contributed by atoms with E-state index in [4.69, 9.17) is 11.6 Å². The summed E-state index contributed by atoms with van der Waals surface area (Å²) in [5.74, 6) is -0.0229. The Morgan fingerprint density at radius 3 is 2.72 bits per heavy atom. The van der Waals surface area contributed by atoms with Crippen molar-refractivity contribution in [2.45, 2.75) is 44.9 Å². The third-order valence-electron chi connectivity index (χ3n) is 7.21. The van der Waals surface area contributed by atoms with Crippen LogP contribution >= 0.6 is 23.4 Å². The topological polar surface area (TPSA) is 46.2 Å². The molecule has 0 unspecified atom stereocenters. The summed E-state index contributed by atoms with van der Waals surface area (Å²) in [4.78, 5) is 26.3. The molecule has 2 aromatic carbocycles. The van der Waals surface area contributed by atoms with Crippen molar-refractivity contribution in [1.82, 2.24) is 5.32 Å². The van der Waals surface area contributed by atoms with E-state index in [0.717, 1.165) is 40.8 Å². The fourth-order valence-corrected chi connectivity index (χ4v) is 6.02. The molecule has 3 aliphatic rings. The van der Waals surface area contributed by atoms with Gasteiger partial charge in [-0.2, -0.15) is 0 Å². The Morgan fingerprint density at radius 1 is 1.14 bits per heavy atom. The van der Waals surface area contributed by atoms with Gasteiger partial charge in [-0.05, 0) is 102 Å². The van der Waals surface area contributed by atoms with E-state index in [-0.39, 0.29) is 11.7 Å². The number of carbonyl (C=O) groups excluding carboxylic acids is 2. The van der Waals surface area contributed by atoms with Crippen molar-refractivity contribution in [3.8, 4) is 0 Å². The molecule has 1 N–H and O–H groups in total. The Kier molecular flexibility index (Phi) is 6.67. The summed E-state index contributed by atoms with van der Waals surface area (Å²) in [6.07, 6.45) is 8.98. The molecule has 36 heavy (non-hydrogen) atoms. The molecule has 0 saturated carbocycles. The standard InChI is InChI=1S/C31H28ClNO2S/c1-19-12-13-36-18-24(19)16-23-15-22-14-20-8-10-25(33-30(35)26-6-4-5-7-28(26)32)11-9-21(20)17-27(22)31(2,3)29(23)34/h4-7,11-14,16-18H,1,8-10,15H2,2-3H3,(H,33,35). The maximum atomic E-state index is 13.5. The van der Waals surface area contributed by atoms with Gasteiger partial charge < -0.3 is 5.32 Å². The van der Waals surface area contributed by atoms with Crippen LogP contribution in [-0.4, -0.2) is 11.7 Å². The summed E-state index contributed by atoms with van der Waals surface area (Å²) in [5, 5.41) is 7.54. The number of amides is 1. The van der Waals surface area contributed by atoms with E-state index >= 15 is 0 Å². The Hall–Kier alpha value is -3.08. The molecule has 0 radical (unpaired) electrons. The number of halogens is 1. The molecular formula is C31H28ClNO2S. The highest BCUT2D eigenvalue weighted by atomic mass is 35.5. The third-order valence-corrected chi connectivity index (χ3v) is 8.22. The van der Waals surface area contributed by atoms with Gasteiger partial charge in [-0.25, -0.2) is 0 Å². The van der Waals surface area contributed by atoms with E-state index in [9.17, 15) is 9.59 Å². The highest BCUT2D eigenvalue weighted by Gasteiger charge is 2.39. The van der Waals surface area contributed by atoms with Gasteiger partial charge in [0.15, 0.2) is 5.78 Å². The molecule has 1 heterocycles. The number of rotatable bonds is 3. The fourth-order valence-electron chi connectivity index (χ4n) is 5.11. The average molecular weight is 514 g/mol. The maximum Gasteiger partial charge on any atom is 0.256 e. The molecule has 0 bridgehead atoms. The van der Waals surface area contributed by atoms with E-state index in [1.807, 2.05) is 48.9 Å². The van der Waals surface area contributed by atoms with Crippen LogP contribution in [0.15, 0.2) is 94.4 Å². The molecular weight excluding hydrogens is 486 g/mol. The maximum absolute atomic E-state index is 13.5. The minimum Gasteiger partial charge on any atom is -0.326 e. The van der Waals surface area contributed by atoms with Crippen molar-refractivity contribution >= 4 is 35.1 Å². The van der Waals surface area contributed by atoms with E-state index in [1.165, 1.54) is 16.7 Å². The Morgan fingerprint density at radius 2 is 1.94 bits per heavy atom. The number of aryl methyl sites for hydroxylation is 1. The van der Waals surface area contributed by atoms with E-state index < -0.39 is 5.41 Å². The predicted molar refractivity (Wildman–Crippen MR) is 149 cm³/mol. The summed E-state index contributed by atoms with van der Waals surface area (Å²) in [6.45, 7) is 8.16. The minimum atomic E-state index is -0.606. The van der Waals surface area contributed by atoms with Crippen LogP contribution in [0.1, 0.15) is 52.9 Å². The monoisotopic (exact) mass is 513 g/mol. The zero-order valence-corrected chi connectivity index (χ0v) is 22.1. The molecule has 5 heteroatoms. The van der Waals surface area contributed by atoms with E-state index in [0.29, 0.717) is 23.4 Å². The van der Waals surface area contributed by atoms with Gasteiger partial charge in [-0.15, -0.1) is 11.8 Å². The average Bonchev–Trinajstić information content (AvgIpc) is 3.05. The largest absolute Gasteiger partial charge is 0.326 e. The lowest BCUT2D eigenvalue weighted by atomic mass is 9.68. The molecule has 0 spiro atoms. The zero-order chi connectivity index (χ0) is 25.4. The van der Waals surface area contributed by atoms with Crippen LogP contribution in [0.2, 0.25) is 5.02 Å². The van der Waals surface area contributed by atoms with Crippen LogP contribution < -0.4 is 5.32 Å². The smallest absolute Gasteiger partial charge is 0.256 e. The molecule has 1 aliphatic heterocycles. The van der Waals surface area contributed by atoms with Crippen molar-refractivity contribution in [3.63, 3.8) is 0 Å². The van der Waals surface area contributed by atoms with Gasteiger partial charge in [-0.1, -0.05) is 48.5 Å². The lowest BCUT2D eigenvalue weighted by Gasteiger charge is -2.34. The molecule has 0 fully saturated rings. The Labute approximate surface area is 221 Å². The summed E-state index contributed by atoms with van der Waals surface area (Å²) in [7, 11) is 0. The van der Waals surface area contributed by atoms with Crippen LogP contribution in [-0.2, 0) is 29.5 Å².